The number of fused-ring (bicyclic) bond motifs is 1. The summed E-state index contributed by atoms with van der Waals surface area (Å²) < 4.78 is 39.6. The van der Waals surface area contributed by atoms with Crippen LogP contribution in [0.5, 0.6) is 0 Å². The highest BCUT2D eigenvalue weighted by Crippen LogP contribution is 2.32. The highest BCUT2D eigenvalue weighted by molar-refractivity contribution is 7.13. The van der Waals surface area contributed by atoms with Crippen LogP contribution in [0.1, 0.15) is 49.1 Å². The molecule has 0 saturated carbocycles. The lowest BCUT2D eigenvalue weighted by atomic mass is 10.0. The van der Waals surface area contributed by atoms with Gasteiger partial charge < -0.3 is 4.90 Å². The number of amides is 1. The van der Waals surface area contributed by atoms with Crippen LogP contribution < -0.4 is 0 Å². The van der Waals surface area contributed by atoms with E-state index >= 15 is 0 Å². The van der Waals surface area contributed by atoms with Crippen LogP contribution in [-0.4, -0.2) is 52.7 Å². The van der Waals surface area contributed by atoms with Crippen molar-refractivity contribution in [2.24, 2.45) is 0 Å². The molecule has 0 unspecified atom stereocenters. The van der Waals surface area contributed by atoms with Gasteiger partial charge in [0.2, 0.25) is 0 Å². The molecule has 1 aliphatic heterocycles. The van der Waals surface area contributed by atoms with Gasteiger partial charge in [-0.15, -0.1) is 11.3 Å². The van der Waals surface area contributed by atoms with Crippen LogP contribution in [0.2, 0.25) is 0 Å². The lowest BCUT2D eigenvalue weighted by Crippen LogP contribution is -2.48. The Hall–Kier alpha value is -2.26. The number of benzene rings is 1. The monoisotopic (exact) mass is 423 g/mol. The molecule has 0 bridgehead atoms. The zero-order valence-corrected chi connectivity index (χ0v) is 16.5. The number of halogens is 3. The average molecular weight is 423 g/mol. The number of alkyl halides is 3. The van der Waals surface area contributed by atoms with Crippen molar-refractivity contribution >= 4 is 23.0 Å². The van der Waals surface area contributed by atoms with Crippen molar-refractivity contribution < 1.29 is 22.8 Å². The molecule has 1 saturated heterocycles. The van der Waals surface area contributed by atoms with E-state index in [9.17, 15) is 22.8 Å². The molecule has 0 atom stereocenters. The Morgan fingerprint density at radius 3 is 2.52 bits per heavy atom. The SMILES string of the molecule is O=C1CCCc2nc(CN3CCN(C(=O)c4ccccc4C(F)(F)F)CC3)sc21. The first-order valence-electron chi connectivity index (χ1n) is 9.52. The third-order valence-corrected chi connectivity index (χ3v) is 6.42. The summed E-state index contributed by atoms with van der Waals surface area (Å²) in [5.74, 6) is -0.429. The quantitative estimate of drug-likeness (QED) is 0.757. The summed E-state index contributed by atoms with van der Waals surface area (Å²) in [6.45, 7) is 2.41. The fourth-order valence-electron chi connectivity index (χ4n) is 3.77. The van der Waals surface area contributed by atoms with Crippen molar-refractivity contribution in [3.63, 3.8) is 0 Å². The normalized spacial score (nSPS) is 18.0. The molecule has 1 fully saturated rings. The predicted octanol–water partition coefficient (Wildman–Crippen LogP) is 3.64. The third kappa shape index (κ3) is 4.20. The summed E-state index contributed by atoms with van der Waals surface area (Å²) in [7, 11) is 0. The third-order valence-electron chi connectivity index (χ3n) is 5.29. The zero-order chi connectivity index (χ0) is 20.6. The minimum atomic E-state index is -4.56. The van der Waals surface area contributed by atoms with Crippen molar-refractivity contribution in [2.75, 3.05) is 26.2 Å². The van der Waals surface area contributed by atoms with Crippen molar-refractivity contribution in [3.05, 3.63) is 51.0 Å². The van der Waals surface area contributed by atoms with E-state index in [1.54, 1.807) is 0 Å². The highest BCUT2D eigenvalue weighted by Gasteiger charge is 2.36. The standard InChI is InChI=1S/C20H20F3N3O2S/c21-20(22,23)14-5-2-1-4-13(14)19(28)26-10-8-25(9-11-26)12-17-24-15-6-3-7-16(27)18(15)29-17/h1-2,4-5H,3,6-12H2. The molecule has 0 radical (unpaired) electrons. The van der Waals surface area contributed by atoms with E-state index in [0.29, 0.717) is 39.1 Å². The van der Waals surface area contributed by atoms with Gasteiger partial charge in [-0.2, -0.15) is 13.2 Å². The number of hydrogen-bond donors (Lipinski definition) is 0. The molecule has 2 heterocycles. The second kappa shape index (κ2) is 7.87. The van der Waals surface area contributed by atoms with Gasteiger partial charge in [-0.05, 0) is 25.0 Å². The summed E-state index contributed by atoms with van der Waals surface area (Å²) >= 11 is 1.44. The number of nitrogens with zero attached hydrogens (tertiary/aromatic N) is 3. The molecule has 5 nitrogen and oxygen atoms in total. The molecular weight excluding hydrogens is 403 g/mol. The molecule has 9 heteroatoms. The number of carbonyl (C=O) groups excluding carboxylic acids is 2. The van der Waals surface area contributed by atoms with Crippen molar-refractivity contribution in [2.45, 2.75) is 32.0 Å². The van der Waals surface area contributed by atoms with E-state index in [0.717, 1.165) is 34.5 Å². The number of carbonyl (C=O) groups is 2. The Morgan fingerprint density at radius 2 is 1.83 bits per heavy atom. The fourth-order valence-corrected chi connectivity index (χ4v) is 4.89. The smallest absolute Gasteiger partial charge is 0.336 e. The Labute approximate surface area is 170 Å². The van der Waals surface area contributed by atoms with E-state index < -0.39 is 17.6 Å². The van der Waals surface area contributed by atoms with Crippen molar-refractivity contribution in [3.8, 4) is 0 Å². The zero-order valence-electron chi connectivity index (χ0n) is 15.7. The van der Waals surface area contributed by atoms with Crippen LogP contribution in [-0.2, 0) is 19.1 Å². The van der Waals surface area contributed by atoms with E-state index in [1.165, 1.54) is 34.4 Å². The predicted molar refractivity (Wildman–Crippen MR) is 102 cm³/mol. The molecule has 29 heavy (non-hydrogen) atoms. The van der Waals surface area contributed by atoms with E-state index in [4.69, 9.17) is 0 Å². The molecule has 1 aromatic carbocycles. The summed E-state index contributed by atoms with van der Waals surface area (Å²) in [5, 5.41) is 0.882. The molecule has 4 rings (SSSR count). The maximum atomic E-state index is 13.2. The van der Waals surface area contributed by atoms with E-state index in [2.05, 4.69) is 9.88 Å². The van der Waals surface area contributed by atoms with Crippen LogP contribution in [0, 0.1) is 0 Å². The minimum absolute atomic E-state index is 0.161. The number of hydrogen-bond acceptors (Lipinski definition) is 5. The molecule has 1 aliphatic carbocycles. The summed E-state index contributed by atoms with van der Waals surface area (Å²) in [4.78, 5) is 33.6. The number of rotatable bonds is 3. The fraction of sp³-hybridized carbons (Fsp3) is 0.450. The Balaban J connectivity index is 1.39. The second-order valence-electron chi connectivity index (χ2n) is 7.27. The molecule has 1 aromatic heterocycles. The molecule has 154 valence electrons. The van der Waals surface area contributed by atoms with Gasteiger partial charge in [0, 0.05) is 32.6 Å². The molecule has 2 aliphatic rings. The van der Waals surface area contributed by atoms with Gasteiger partial charge in [0.15, 0.2) is 5.78 Å². The van der Waals surface area contributed by atoms with E-state index in [1.807, 2.05) is 0 Å². The first-order chi connectivity index (χ1) is 13.8. The minimum Gasteiger partial charge on any atom is -0.336 e. The van der Waals surface area contributed by atoms with Gasteiger partial charge in [-0.3, -0.25) is 14.5 Å². The van der Waals surface area contributed by atoms with Gasteiger partial charge in [-0.1, -0.05) is 12.1 Å². The lowest BCUT2D eigenvalue weighted by molar-refractivity contribution is -0.138. The Bertz CT molecular complexity index is 933. The number of aryl methyl sites for hydroxylation is 1. The second-order valence-corrected chi connectivity index (χ2v) is 8.36. The van der Waals surface area contributed by atoms with Crippen LogP contribution in [0.15, 0.2) is 24.3 Å². The topological polar surface area (TPSA) is 53.5 Å². The molecule has 0 N–H and O–H groups in total. The summed E-state index contributed by atoms with van der Waals surface area (Å²) in [6, 6.07) is 4.91. The number of piperazine rings is 1. The summed E-state index contributed by atoms with van der Waals surface area (Å²) in [6.07, 6.45) is -2.31. The number of aromatic nitrogens is 1. The van der Waals surface area contributed by atoms with Crippen LogP contribution >= 0.6 is 11.3 Å². The van der Waals surface area contributed by atoms with Gasteiger partial charge in [-0.25, -0.2) is 4.98 Å². The first-order valence-corrected chi connectivity index (χ1v) is 10.3. The first kappa shape index (κ1) is 20.0. The molecule has 0 spiro atoms. The lowest BCUT2D eigenvalue weighted by Gasteiger charge is -2.34. The number of thiazole rings is 1. The molecule has 1 amide bonds. The maximum absolute atomic E-state index is 13.2. The number of Topliss-reactive ketones (excluding diaryl/α,β-unsaturated/α-hetero) is 1. The van der Waals surface area contributed by atoms with Gasteiger partial charge in [0.25, 0.3) is 5.91 Å². The van der Waals surface area contributed by atoms with E-state index in [-0.39, 0.29) is 11.3 Å². The Morgan fingerprint density at radius 1 is 1.10 bits per heavy atom. The van der Waals surface area contributed by atoms with Crippen LogP contribution in [0.25, 0.3) is 0 Å². The van der Waals surface area contributed by atoms with Gasteiger partial charge >= 0.3 is 6.18 Å². The van der Waals surface area contributed by atoms with Crippen molar-refractivity contribution in [1.29, 1.82) is 0 Å². The average Bonchev–Trinajstić information content (AvgIpc) is 3.11. The molecular formula is C20H20F3N3O2S. The van der Waals surface area contributed by atoms with Crippen LogP contribution in [0.4, 0.5) is 13.2 Å². The maximum Gasteiger partial charge on any atom is 0.417 e. The molecule has 2 aromatic rings. The van der Waals surface area contributed by atoms with Gasteiger partial charge in [0.05, 0.1) is 28.2 Å². The van der Waals surface area contributed by atoms with Gasteiger partial charge in [0.1, 0.15) is 5.01 Å². The Kier molecular flexibility index (Phi) is 5.44. The number of ketones is 1. The summed E-state index contributed by atoms with van der Waals surface area (Å²) in [5.41, 5.74) is -0.316. The van der Waals surface area contributed by atoms with Crippen molar-refractivity contribution in [1.82, 2.24) is 14.8 Å². The largest absolute Gasteiger partial charge is 0.417 e. The van der Waals surface area contributed by atoms with Crippen LogP contribution in [0.3, 0.4) is 0 Å². The highest BCUT2D eigenvalue weighted by atomic mass is 32.1.